The number of hydrogen-bond acceptors (Lipinski definition) is 5. The molecular weight excluding hydrogens is 569 g/mol. The number of aromatic nitrogens is 1. The second kappa shape index (κ2) is 12.5. The number of aliphatic hydroxyl groups is 1. The summed E-state index contributed by atoms with van der Waals surface area (Å²) in [5.41, 5.74) is 8.53. The number of pyridine rings is 1. The number of halogens is 3. The summed E-state index contributed by atoms with van der Waals surface area (Å²) in [4.78, 5) is 30.4. The van der Waals surface area contributed by atoms with Crippen LogP contribution >= 0.6 is 0 Å². The van der Waals surface area contributed by atoms with Gasteiger partial charge in [-0.15, -0.1) is 0 Å². The van der Waals surface area contributed by atoms with Gasteiger partial charge in [0.1, 0.15) is 12.4 Å². The fourth-order valence-corrected chi connectivity index (χ4v) is 7.19. The SMILES string of the molecule is CC(=O)N(CC(F)(F)F)C1CCC(CC(=O)Nc2cc(=C3C=CC=CC3)c(=C3C=CC(C4(N)CC(C)(O)C4)=CC3)cn2)CC1. The molecule has 236 valence electrons. The number of rotatable bonds is 6. The van der Waals surface area contributed by atoms with Gasteiger partial charge in [0.25, 0.3) is 0 Å². The third-order valence-corrected chi connectivity index (χ3v) is 9.20. The number of nitrogens with one attached hydrogen (secondary N) is 1. The Kier molecular flexibility index (Phi) is 9.05. The third-order valence-electron chi connectivity index (χ3n) is 9.20. The number of amides is 2. The van der Waals surface area contributed by atoms with E-state index in [0.29, 0.717) is 50.8 Å². The Balaban J connectivity index is 1.28. The molecule has 10 heteroatoms. The zero-order valence-corrected chi connectivity index (χ0v) is 25.3. The molecule has 0 aliphatic heterocycles. The van der Waals surface area contributed by atoms with E-state index in [4.69, 9.17) is 5.73 Å². The average molecular weight is 611 g/mol. The summed E-state index contributed by atoms with van der Waals surface area (Å²) in [6, 6.07) is 1.44. The first-order valence-corrected chi connectivity index (χ1v) is 15.3. The van der Waals surface area contributed by atoms with Gasteiger partial charge in [0.15, 0.2) is 0 Å². The van der Waals surface area contributed by atoms with E-state index in [9.17, 15) is 27.9 Å². The summed E-state index contributed by atoms with van der Waals surface area (Å²) in [6.45, 7) is 1.74. The molecule has 0 bridgehead atoms. The maximum atomic E-state index is 13.0. The largest absolute Gasteiger partial charge is 0.406 e. The predicted molar refractivity (Wildman–Crippen MR) is 164 cm³/mol. The van der Waals surface area contributed by atoms with E-state index >= 15 is 0 Å². The lowest BCUT2D eigenvalue weighted by molar-refractivity contribution is -0.166. The highest BCUT2D eigenvalue weighted by molar-refractivity contribution is 5.90. The van der Waals surface area contributed by atoms with Crippen LogP contribution in [0.25, 0.3) is 11.1 Å². The van der Waals surface area contributed by atoms with E-state index in [1.54, 1.807) is 13.1 Å². The van der Waals surface area contributed by atoms with E-state index in [-0.39, 0.29) is 18.2 Å². The van der Waals surface area contributed by atoms with Crippen molar-refractivity contribution < 1.29 is 27.9 Å². The van der Waals surface area contributed by atoms with Crippen molar-refractivity contribution in [1.29, 1.82) is 0 Å². The van der Waals surface area contributed by atoms with Crippen LogP contribution in [0.5, 0.6) is 0 Å². The van der Waals surface area contributed by atoms with Gasteiger partial charge >= 0.3 is 6.18 Å². The molecule has 0 unspecified atom stereocenters. The molecule has 0 atom stereocenters. The summed E-state index contributed by atoms with van der Waals surface area (Å²) in [5.74, 6) is -0.297. The van der Waals surface area contributed by atoms with E-state index in [2.05, 4.69) is 34.6 Å². The van der Waals surface area contributed by atoms with E-state index < -0.39 is 35.8 Å². The van der Waals surface area contributed by atoms with E-state index in [0.717, 1.165) is 38.5 Å². The molecule has 4 N–H and O–H groups in total. The zero-order chi connectivity index (χ0) is 31.7. The van der Waals surface area contributed by atoms with Gasteiger partial charge in [0.2, 0.25) is 11.8 Å². The zero-order valence-electron chi connectivity index (χ0n) is 25.3. The first-order valence-electron chi connectivity index (χ1n) is 15.3. The second-order valence-corrected chi connectivity index (χ2v) is 13.0. The summed E-state index contributed by atoms with van der Waals surface area (Å²) in [5, 5.41) is 15.1. The first-order chi connectivity index (χ1) is 20.7. The van der Waals surface area contributed by atoms with Gasteiger partial charge in [-0.1, -0.05) is 42.5 Å². The molecule has 0 radical (unpaired) electrons. The van der Waals surface area contributed by atoms with Crippen LogP contribution in [0.15, 0.2) is 60.4 Å². The first kappa shape index (κ1) is 31.9. The summed E-state index contributed by atoms with van der Waals surface area (Å²) in [7, 11) is 0. The molecule has 0 aromatic carbocycles. The molecule has 4 aliphatic rings. The van der Waals surface area contributed by atoms with Crippen molar-refractivity contribution in [2.24, 2.45) is 11.7 Å². The van der Waals surface area contributed by atoms with Crippen molar-refractivity contribution >= 4 is 28.8 Å². The number of nitrogens with two attached hydrogens (primary N) is 1. The van der Waals surface area contributed by atoms with Crippen LogP contribution in [0.2, 0.25) is 0 Å². The average Bonchev–Trinajstić information content (AvgIpc) is 2.95. The molecule has 2 fully saturated rings. The molecule has 0 saturated heterocycles. The Morgan fingerprint density at radius 1 is 1.07 bits per heavy atom. The Hall–Kier alpha value is -3.50. The molecule has 2 amide bonds. The Bertz CT molecular complexity index is 1540. The monoisotopic (exact) mass is 610 g/mol. The molecule has 0 spiro atoms. The molecule has 2 saturated carbocycles. The molecule has 44 heavy (non-hydrogen) atoms. The van der Waals surface area contributed by atoms with Gasteiger partial charge in [-0.2, -0.15) is 13.2 Å². The fraction of sp³-hybridized carbons (Fsp3) is 0.500. The molecule has 1 aromatic rings. The lowest BCUT2D eigenvalue weighted by Gasteiger charge is -2.50. The van der Waals surface area contributed by atoms with Gasteiger partial charge in [0.05, 0.1) is 5.60 Å². The van der Waals surface area contributed by atoms with Crippen LogP contribution in [-0.4, -0.2) is 56.7 Å². The van der Waals surface area contributed by atoms with Crippen LogP contribution in [0.3, 0.4) is 0 Å². The highest BCUT2D eigenvalue weighted by Crippen LogP contribution is 2.45. The number of hydrogen-bond donors (Lipinski definition) is 3. The van der Waals surface area contributed by atoms with Gasteiger partial charge in [-0.25, -0.2) is 4.98 Å². The quantitative estimate of drug-likeness (QED) is 0.445. The minimum Gasteiger partial charge on any atom is -0.390 e. The number of carbonyl (C=O) groups is 2. The molecule has 7 nitrogen and oxygen atoms in total. The number of allylic oxidation sites excluding steroid dienone is 6. The smallest absolute Gasteiger partial charge is 0.390 e. The maximum absolute atomic E-state index is 13.0. The Morgan fingerprint density at radius 3 is 2.34 bits per heavy atom. The highest BCUT2D eigenvalue weighted by atomic mass is 19.4. The Labute approximate surface area is 255 Å². The minimum absolute atomic E-state index is 0.0274. The van der Waals surface area contributed by atoms with Gasteiger partial charge in [-0.05, 0) is 92.2 Å². The van der Waals surface area contributed by atoms with Gasteiger partial charge in [-0.3, -0.25) is 9.59 Å². The van der Waals surface area contributed by atoms with Crippen molar-refractivity contribution in [1.82, 2.24) is 9.88 Å². The fourth-order valence-electron chi connectivity index (χ4n) is 7.19. The number of alkyl halides is 3. The number of anilines is 1. The highest BCUT2D eigenvalue weighted by Gasteiger charge is 2.50. The summed E-state index contributed by atoms with van der Waals surface area (Å²) in [6.07, 6.45) is 16.4. The lowest BCUT2D eigenvalue weighted by atomic mass is 9.62. The van der Waals surface area contributed by atoms with Gasteiger partial charge < -0.3 is 21.1 Å². The van der Waals surface area contributed by atoms with Crippen molar-refractivity contribution in [2.75, 3.05) is 11.9 Å². The maximum Gasteiger partial charge on any atom is 0.406 e. The second-order valence-electron chi connectivity index (χ2n) is 13.0. The number of carbonyl (C=O) groups excluding carboxylic acids is 2. The topological polar surface area (TPSA) is 109 Å². The van der Waals surface area contributed by atoms with Crippen molar-refractivity contribution in [3.05, 3.63) is 70.8 Å². The molecule has 1 heterocycles. The molecular formula is C34H41F3N4O3. The minimum atomic E-state index is -4.44. The van der Waals surface area contributed by atoms with Crippen LogP contribution in [0.1, 0.15) is 71.6 Å². The standard InChI is InChI=1S/C34H41F3N4O3/c1-22(42)41(21-34(35,36)37)27-14-8-23(9-15-27)16-31(43)40-30-17-28(24-6-4-3-5-7-24)29(18-39-30)25-10-12-26(13-11-25)33(38)19-32(2,44)20-33/h3-6,10,12-13,17-18,23,27,44H,7-9,11,14-16,19-21,38H2,1-2H3,(H,40,43). The van der Waals surface area contributed by atoms with Crippen LogP contribution in [0.4, 0.5) is 19.0 Å². The van der Waals surface area contributed by atoms with E-state index in [1.165, 1.54) is 6.92 Å². The molecule has 4 aliphatic carbocycles. The summed E-state index contributed by atoms with van der Waals surface area (Å²) >= 11 is 0. The lowest BCUT2D eigenvalue weighted by Crippen LogP contribution is -2.61. The van der Waals surface area contributed by atoms with Crippen molar-refractivity contribution in [2.45, 2.75) is 95.0 Å². The van der Waals surface area contributed by atoms with E-state index in [1.807, 2.05) is 24.3 Å². The predicted octanol–water partition coefficient (Wildman–Crippen LogP) is 4.33. The van der Waals surface area contributed by atoms with Crippen molar-refractivity contribution in [3.8, 4) is 0 Å². The number of nitrogens with zero attached hydrogens (tertiary/aromatic N) is 2. The normalized spacial score (nSPS) is 30.8. The molecule has 1 aromatic heterocycles. The molecule has 5 rings (SSSR count). The van der Waals surface area contributed by atoms with Crippen LogP contribution in [-0.2, 0) is 9.59 Å². The van der Waals surface area contributed by atoms with Crippen molar-refractivity contribution in [3.63, 3.8) is 0 Å². The van der Waals surface area contributed by atoms with Crippen LogP contribution < -0.4 is 21.5 Å². The van der Waals surface area contributed by atoms with Crippen LogP contribution in [0, 0.1) is 5.92 Å². The third kappa shape index (κ3) is 7.58. The Morgan fingerprint density at radius 2 is 1.77 bits per heavy atom. The van der Waals surface area contributed by atoms with Gasteiger partial charge in [0, 0.05) is 36.3 Å². The summed E-state index contributed by atoms with van der Waals surface area (Å²) < 4.78 is 38.9.